The maximum Gasteiger partial charge on any atom is 0.101 e. The fraction of sp³-hybridized carbons (Fsp3) is 0.949. The van der Waals surface area contributed by atoms with E-state index >= 15 is 0 Å². The molecule has 1 atom stereocenters. The summed E-state index contributed by atoms with van der Waals surface area (Å²) in [6, 6.07) is 0. The highest BCUT2D eigenvalue weighted by molar-refractivity contribution is 4.97. The maximum absolute atomic E-state index is 2.72. The smallest absolute Gasteiger partial charge is 0.101 e. The Bertz CT molecular complexity index is 530. The van der Waals surface area contributed by atoms with E-state index in [0.717, 1.165) is 0 Å². The van der Waals surface area contributed by atoms with Crippen LogP contribution in [0.3, 0.4) is 0 Å². The molecule has 0 saturated heterocycles. The lowest BCUT2D eigenvalue weighted by atomic mass is 10.0. The fourth-order valence-electron chi connectivity index (χ4n) is 6.72. The van der Waals surface area contributed by atoms with Crippen molar-refractivity contribution in [2.75, 3.05) is 13.1 Å². The van der Waals surface area contributed by atoms with Crippen LogP contribution in [-0.2, 0) is 0 Å². The minimum atomic E-state index is 0.640. The largest absolute Gasteiger partial charge is 0.356 e. The van der Waals surface area contributed by atoms with E-state index in [9.17, 15) is 0 Å². The molecule has 0 aromatic rings. The first-order valence-electron chi connectivity index (χ1n) is 19.5. The predicted molar refractivity (Wildman–Crippen MR) is 186 cm³/mol. The van der Waals surface area contributed by atoms with Gasteiger partial charge in [-0.25, -0.2) is 0 Å². The molecule has 1 aliphatic heterocycles. The van der Waals surface area contributed by atoms with Crippen molar-refractivity contribution >= 4 is 0 Å². The van der Waals surface area contributed by atoms with Gasteiger partial charge in [-0.2, -0.15) is 0 Å². The first-order chi connectivity index (χ1) is 20.3. The van der Waals surface area contributed by atoms with Gasteiger partial charge in [0.2, 0.25) is 0 Å². The summed E-state index contributed by atoms with van der Waals surface area (Å²) in [6.45, 7) is 9.48. The number of rotatable bonds is 33. The van der Waals surface area contributed by atoms with Crippen LogP contribution in [0.4, 0.5) is 0 Å². The Morgan fingerprint density at radius 2 is 0.561 bits per heavy atom. The summed E-state index contributed by atoms with van der Waals surface area (Å²) in [5, 5.41) is 0. The summed E-state index contributed by atoms with van der Waals surface area (Å²) in [4.78, 5) is 5.43. The summed E-state index contributed by atoms with van der Waals surface area (Å²) in [5.74, 6) is 0. The molecule has 1 aliphatic rings. The first kappa shape index (κ1) is 38.4. The Morgan fingerprint density at radius 1 is 0.317 bits per heavy atom. The molecule has 0 aromatic heterocycles. The Balaban J connectivity index is 2.21. The van der Waals surface area contributed by atoms with Crippen molar-refractivity contribution in [2.24, 2.45) is 0 Å². The number of hydrogen-bond donors (Lipinski definition) is 0. The van der Waals surface area contributed by atoms with Crippen LogP contribution in [0.1, 0.15) is 220 Å². The van der Waals surface area contributed by atoms with E-state index in [-0.39, 0.29) is 0 Å². The van der Waals surface area contributed by atoms with E-state index in [1.165, 1.54) is 212 Å². The average Bonchev–Trinajstić information content (AvgIpc) is 3.37. The summed E-state index contributed by atoms with van der Waals surface area (Å²) in [7, 11) is 0. The van der Waals surface area contributed by atoms with E-state index in [1.54, 1.807) is 0 Å². The SMILES string of the molecule is CCCCCCCCCCCCCCCN1C=CN(CCCCCCCCCCC)C1CCCCCCCCCC. The average molecular weight is 575 g/mol. The number of unbranched alkanes of at least 4 members (excludes halogenated alkanes) is 27. The summed E-state index contributed by atoms with van der Waals surface area (Å²) >= 11 is 0. The van der Waals surface area contributed by atoms with Gasteiger partial charge in [-0.05, 0) is 25.7 Å². The van der Waals surface area contributed by atoms with Gasteiger partial charge in [0.25, 0.3) is 0 Å². The van der Waals surface area contributed by atoms with Gasteiger partial charge in [0.15, 0.2) is 0 Å². The van der Waals surface area contributed by atoms with Crippen LogP contribution in [0, 0.1) is 0 Å². The summed E-state index contributed by atoms with van der Waals surface area (Å²) in [5.41, 5.74) is 0. The van der Waals surface area contributed by atoms with Crippen molar-refractivity contribution in [3.8, 4) is 0 Å². The van der Waals surface area contributed by atoms with Crippen molar-refractivity contribution in [1.82, 2.24) is 9.80 Å². The first-order valence-corrected chi connectivity index (χ1v) is 19.5. The minimum absolute atomic E-state index is 0.640. The van der Waals surface area contributed by atoms with Crippen molar-refractivity contribution < 1.29 is 0 Å². The van der Waals surface area contributed by atoms with Crippen LogP contribution in [0.2, 0.25) is 0 Å². The van der Waals surface area contributed by atoms with E-state index in [1.807, 2.05) is 0 Å². The van der Waals surface area contributed by atoms with E-state index in [0.29, 0.717) is 6.17 Å². The second kappa shape index (κ2) is 30.8. The van der Waals surface area contributed by atoms with Crippen LogP contribution < -0.4 is 0 Å². The molecule has 0 spiro atoms. The Kier molecular flexibility index (Phi) is 28.8. The number of nitrogens with zero attached hydrogens (tertiary/aromatic N) is 2. The highest BCUT2D eigenvalue weighted by atomic mass is 15.4. The van der Waals surface area contributed by atoms with Crippen LogP contribution in [0.15, 0.2) is 12.4 Å². The molecule has 0 bridgehead atoms. The third-order valence-corrected chi connectivity index (χ3v) is 9.57. The molecule has 41 heavy (non-hydrogen) atoms. The van der Waals surface area contributed by atoms with Crippen molar-refractivity contribution in [3.05, 3.63) is 12.4 Å². The highest BCUT2D eigenvalue weighted by Crippen LogP contribution is 2.24. The van der Waals surface area contributed by atoms with Crippen molar-refractivity contribution in [1.29, 1.82) is 0 Å². The van der Waals surface area contributed by atoms with Crippen LogP contribution in [0.25, 0.3) is 0 Å². The highest BCUT2D eigenvalue weighted by Gasteiger charge is 2.24. The van der Waals surface area contributed by atoms with Gasteiger partial charge in [-0.1, -0.05) is 194 Å². The molecule has 244 valence electrons. The predicted octanol–water partition coefficient (Wildman–Crippen LogP) is 13.6. The maximum atomic E-state index is 2.72. The molecule has 1 heterocycles. The van der Waals surface area contributed by atoms with Gasteiger partial charge in [0.05, 0.1) is 0 Å². The molecular formula is C39H78N2. The summed E-state index contributed by atoms with van der Waals surface area (Å²) < 4.78 is 0. The molecule has 1 unspecified atom stereocenters. The van der Waals surface area contributed by atoms with E-state index in [4.69, 9.17) is 0 Å². The zero-order valence-corrected chi connectivity index (χ0v) is 29.0. The molecule has 2 heteroatoms. The molecule has 0 aliphatic carbocycles. The molecule has 0 amide bonds. The molecule has 0 N–H and O–H groups in total. The quantitative estimate of drug-likeness (QED) is 0.0719. The van der Waals surface area contributed by atoms with Gasteiger partial charge in [-0.3, -0.25) is 0 Å². The zero-order chi connectivity index (χ0) is 29.5. The van der Waals surface area contributed by atoms with Crippen LogP contribution in [0.5, 0.6) is 0 Å². The van der Waals surface area contributed by atoms with Gasteiger partial charge in [0.1, 0.15) is 6.17 Å². The standard InChI is InChI=1S/C39H78N2/c1-4-7-10-13-16-19-20-21-22-24-27-30-33-36-41-38-37-40(35-32-29-26-23-17-14-11-8-5-2)39(41)34-31-28-25-18-15-12-9-6-3/h37-39H,4-36H2,1-3H3. The van der Waals surface area contributed by atoms with Gasteiger partial charge < -0.3 is 9.80 Å². The molecule has 0 radical (unpaired) electrons. The minimum Gasteiger partial charge on any atom is -0.356 e. The van der Waals surface area contributed by atoms with E-state index < -0.39 is 0 Å². The van der Waals surface area contributed by atoms with Crippen molar-refractivity contribution in [3.63, 3.8) is 0 Å². The molecule has 0 fully saturated rings. The third kappa shape index (κ3) is 23.5. The molecule has 0 saturated carbocycles. The zero-order valence-electron chi connectivity index (χ0n) is 29.0. The normalized spacial score (nSPS) is 15.0. The summed E-state index contributed by atoms with van der Waals surface area (Å²) in [6.07, 6.45) is 49.9. The topological polar surface area (TPSA) is 6.48 Å². The molecule has 0 aromatic carbocycles. The van der Waals surface area contributed by atoms with Crippen LogP contribution >= 0.6 is 0 Å². The second-order valence-corrected chi connectivity index (χ2v) is 13.6. The molecule has 2 nitrogen and oxygen atoms in total. The van der Waals surface area contributed by atoms with Gasteiger partial charge >= 0.3 is 0 Å². The molecule has 1 rings (SSSR count). The lowest BCUT2D eigenvalue weighted by Gasteiger charge is -2.33. The lowest BCUT2D eigenvalue weighted by Crippen LogP contribution is -2.39. The van der Waals surface area contributed by atoms with Crippen LogP contribution in [-0.4, -0.2) is 29.1 Å². The molecular weight excluding hydrogens is 496 g/mol. The second-order valence-electron chi connectivity index (χ2n) is 13.6. The van der Waals surface area contributed by atoms with Gasteiger partial charge in [-0.15, -0.1) is 0 Å². The van der Waals surface area contributed by atoms with Crippen molar-refractivity contribution in [2.45, 2.75) is 226 Å². The third-order valence-electron chi connectivity index (χ3n) is 9.57. The Labute approximate surface area is 260 Å². The Morgan fingerprint density at radius 3 is 0.854 bits per heavy atom. The van der Waals surface area contributed by atoms with E-state index in [2.05, 4.69) is 43.0 Å². The van der Waals surface area contributed by atoms with Gasteiger partial charge in [0, 0.05) is 25.5 Å². The fourth-order valence-corrected chi connectivity index (χ4v) is 6.72. The lowest BCUT2D eigenvalue weighted by molar-refractivity contribution is 0.135. The monoisotopic (exact) mass is 575 g/mol. The number of hydrogen-bond acceptors (Lipinski definition) is 2. The Hall–Kier alpha value is -0.660.